The number of benzene rings is 2. The van der Waals surface area contributed by atoms with Gasteiger partial charge in [-0.1, -0.05) is 44.5 Å². The van der Waals surface area contributed by atoms with Gasteiger partial charge in [0.05, 0.1) is 29.9 Å². The third-order valence-corrected chi connectivity index (χ3v) is 5.26. The SMILES string of the molecule is CCCOc1c(Cl)cc(C(C)(C)c2ccc(NCc3cnc(N)o3)cc2)cc1C#N.CS. The largest absolute Gasteiger partial charge is 0.491 e. The molecule has 0 unspecified atom stereocenters. The molecule has 0 aliphatic heterocycles. The van der Waals surface area contributed by atoms with Crippen LogP contribution in [-0.2, 0) is 12.0 Å². The molecule has 0 radical (unpaired) electrons. The van der Waals surface area contributed by atoms with Crippen molar-refractivity contribution in [3.63, 3.8) is 0 Å². The van der Waals surface area contributed by atoms with Gasteiger partial charge in [0.2, 0.25) is 0 Å². The van der Waals surface area contributed by atoms with Crippen LogP contribution in [0.5, 0.6) is 5.75 Å². The number of oxazole rings is 1. The van der Waals surface area contributed by atoms with Crippen LogP contribution in [0.15, 0.2) is 47.0 Å². The number of nitriles is 1. The second-order valence-electron chi connectivity index (χ2n) is 7.52. The van der Waals surface area contributed by atoms with Crippen molar-refractivity contribution in [1.29, 1.82) is 5.26 Å². The molecule has 6 nitrogen and oxygen atoms in total. The number of nitrogens with one attached hydrogen (secondary N) is 1. The summed E-state index contributed by atoms with van der Waals surface area (Å²) < 4.78 is 10.9. The highest BCUT2D eigenvalue weighted by atomic mass is 35.5. The second kappa shape index (κ2) is 11.7. The van der Waals surface area contributed by atoms with Gasteiger partial charge in [-0.3, -0.25) is 0 Å². The first-order valence-electron chi connectivity index (χ1n) is 10.2. The summed E-state index contributed by atoms with van der Waals surface area (Å²) in [6, 6.07) is 14.2. The fourth-order valence-corrected chi connectivity index (χ4v) is 3.43. The molecule has 0 bridgehead atoms. The maximum absolute atomic E-state index is 9.58. The van der Waals surface area contributed by atoms with Crippen molar-refractivity contribution in [3.05, 3.63) is 70.1 Å². The summed E-state index contributed by atoms with van der Waals surface area (Å²) in [6.07, 6.45) is 4.14. The Hall–Kier alpha value is -2.82. The molecule has 3 rings (SSSR count). The number of aromatic nitrogens is 1. The van der Waals surface area contributed by atoms with Crippen molar-refractivity contribution in [2.24, 2.45) is 0 Å². The highest BCUT2D eigenvalue weighted by Crippen LogP contribution is 2.38. The Balaban J connectivity index is 0.00000176. The molecule has 0 aliphatic rings. The van der Waals surface area contributed by atoms with Crippen molar-refractivity contribution >= 4 is 35.9 Å². The third-order valence-electron chi connectivity index (χ3n) is 4.98. The molecule has 0 saturated carbocycles. The van der Waals surface area contributed by atoms with E-state index in [4.69, 9.17) is 26.5 Å². The minimum absolute atomic E-state index is 0.158. The Morgan fingerprint density at radius 2 is 1.91 bits per heavy atom. The van der Waals surface area contributed by atoms with Crippen LogP contribution in [0.3, 0.4) is 0 Å². The average Bonchev–Trinajstić information content (AvgIpc) is 3.23. The molecular formula is C24H29ClN4O2S. The number of nitrogen functional groups attached to an aromatic ring is 1. The van der Waals surface area contributed by atoms with E-state index in [1.165, 1.54) is 0 Å². The fraction of sp³-hybridized carbons (Fsp3) is 0.333. The summed E-state index contributed by atoms with van der Waals surface area (Å²) in [5, 5.41) is 13.3. The highest BCUT2D eigenvalue weighted by molar-refractivity contribution is 7.79. The van der Waals surface area contributed by atoms with Crippen LogP contribution in [0.1, 0.15) is 49.6 Å². The molecule has 0 atom stereocenters. The summed E-state index contributed by atoms with van der Waals surface area (Å²) in [6.45, 7) is 7.23. The van der Waals surface area contributed by atoms with Crippen LogP contribution in [0.2, 0.25) is 5.02 Å². The standard InChI is InChI=1S/C23H25ClN4O2.CH4S/c1-4-9-29-21-15(12-25)10-17(11-20(21)24)23(2,3)16-5-7-18(8-6-16)27-13-19-14-28-22(26)30-19;1-2/h5-8,10-11,14,27H,4,9,13H2,1-3H3,(H2,26,28);2H,1H3. The number of anilines is 2. The lowest BCUT2D eigenvalue weighted by Gasteiger charge is -2.27. The van der Waals surface area contributed by atoms with Crippen LogP contribution in [0.4, 0.5) is 11.7 Å². The second-order valence-corrected chi connectivity index (χ2v) is 7.92. The minimum atomic E-state index is -0.351. The molecule has 3 aromatic rings. The predicted molar refractivity (Wildman–Crippen MR) is 134 cm³/mol. The van der Waals surface area contributed by atoms with E-state index in [1.54, 1.807) is 12.5 Å². The predicted octanol–water partition coefficient (Wildman–Crippen LogP) is 6.05. The molecule has 3 N–H and O–H groups in total. The molecule has 0 aliphatic carbocycles. The number of ether oxygens (including phenoxy) is 1. The molecule has 32 heavy (non-hydrogen) atoms. The molecule has 1 heterocycles. The van der Waals surface area contributed by atoms with Crippen LogP contribution < -0.4 is 15.8 Å². The van der Waals surface area contributed by atoms with Crippen molar-refractivity contribution < 1.29 is 9.15 Å². The maximum Gasteiger partial charge on any atom is 0.292 e. The fourth-order valence-electron chi connectivity index (χ4n) is 3.15. The highest BCUT2D eigenvalue weighted by Gasteiger charge is 2.26. The van der Waals surface area contributed by atoms with E-state index in [-0.39, 0.29) is 11.4 Å². The summed E-state index contributed by atoms with van der Waals surface area (Å²) in [7, 11) is 0. The maximum atomic E-state index is 9.58. The first-order chi connectivity index (χ1) is 15.3. The number of hydrogen-bond donors (Lipinski definition) is 3. The normalized spacial score (nSPS) is 10.7. The Morgan fingerprint density at radius 1 is 1.22 bits per heavy atom. The van der Waals surface area contributed by atoms with E-state index in [0.717, 1.165) is 23.2 Å². The number of nitrogens with two attached hydrogens (primary N) is 1. The molecule has 8 heteroatoms. The van der Waals surface area contributed by atoms with Gasteiger partial charge in [-0.2, -0.15) is 17.9 Å². The summed E-state index contributed by atoms with van der Waals surface area (Å²) in [5.74, 6) is 1.12. The van der Waals surface area contributed by atoms with Crippen LogP contribution in [0.25, 0.3) is 0 Å². The summed E-state index contributed by atoms with van der Waals surface area (Å²) in [4.78, 5) is 3.88. The lowest BCUT2D eigenvalue weighted by molar-refractivity contribution is 0.316. The zero-order valence-corrected chi connectivity index (χ0v) is 20.4. The van der Waals surface area contributed by atoms with E-state index in [2.05, 4.69) is 55.0 Å². The lowest BCUT2D eigenvalue weighted by Crippen LogP contribution is -2.19. The number of thiol groups is 1. The van der Waals surface area contributed by atoms with Crippen LogP contribution in [0, 0.1) is 11.3 Å². The number of nitrogens with zero attached hydrogens (tertiary/aromatic N) is 2. The monoisotopic (exact) mass is 472 g/mol. The number of halogens is 1. The van der Waals surface area contributed by atoms with Gasteiger partial charge < -0.3 is 20.2 Å². The van der Waals surface area contributed by atoms with Crippen molar-refractivity contribution in [1.82, 2.24) is 4.98 Å². The molecule has 170 valence electrons. The Kier molecular flexibility index (Phi) is 9.30. The molecule has 1 aromatic heterocycles. The van der Waals surface area contributed by atoms with Gasteiger partial charge in [0, 0.05) is 11.1 Å². The molecule has 0 amide bonds. The van der Waals surface area contributed by atoms with Crippen LogP contribution >= 0.6 is 24.2 Å². The quantitative estimate of drug-likeness (QED) is 0.345. The summed E-state index contributed by atoms with van der Waals surface area (Å²) >= 11 is 9.99. The first kappa shape index (κ1) is 25.4. The molecule has 0 fully saturated rings. The first-order valence-corrected chi connectivity index (χ1v) is 11.5. The molecule has 0 saturated heterocycles. The van der Waals surface area contributed by atoms with Crippen molar-refractivity contribution in [2.75, 3.05) is 23.9 Å². The zero-order chi connectivity index (χ0) is 23.7. The van der Waals surface area contributed by atoms with Gasteiger partial charge >= 0.3 is 0 Å². The lowest BCUT2D eigenvalue weighted by atomic mass is 9.77. The Morgan fingerprint density at radius 3 is 2.47 bits per heavy atom. The van der Waals surface area contributed by atoms with Gasteiger partial charge in [-0.25, -0.2) is 4.98 Å². The van der Waals surface area contributed by atoms with Gasteiger partial charge in [-0.15, -0.1) is 0 Å². The summed E-state index contributed by atoms with van der Waals surface area (Å²) in [5.41, 5.74) is 8.58. The number of rotatable bonds is 8. The van der Waals surface area contributed by atoms with Crippen molar-refractivity contribution in [3.8, 4) is 11.8 Å². The van der Waals surface area contributed by atoms with Crippen molar-refractivity contribution in [2.45, 2.75) is 39.2 Å². The van der Waals surface area contributed by atoms with Crippen LogP contribution in [-0.4, -0.2) is 17.8 Å². The molecule has 2 aromatic carbocycles. The number of hydrogen-bond acceptors (Lipinski definition) is 7. The molecular weight excluding hydrogens is 444 g/mol. The van der Waals surface area contributed by atoms with E-state index in [1.807, 2.05) is 31.2 Å². The van der Waals surface area contributed by atoms with E-state index < -0.39 is 0 Å². The zero-order valence-electron chi connectivity index (χ0n) is 18.8. The van der Waals surface area contributed by atoms with E-state index in [0.29, 0.717) is 35.2 Å². The Labute approximate surface area is 200 Å². The smallest absolute Gasteiger partial charge is 0.292 e. The van der Waals surface area contributed by atoms with Gasteiger partial charge in [-0.05, 0) is 48.1 Å². The minimum Gasteiger partial charge on any atom is -0.491 e. The van der Waals surface area contributed by atoms with Gasteiger partial charge in [0.1, 0.15) is 11.8 Å². The third kappa shape index (κ3) is 6.12. The van der Waals surface area contributed by atoms with E-state index >= 15 is 0 Å². The Bertz CT molecular complexity index is 1060. The molecule has 0 spiro atoms. The topological polar surface area (TPSA) is 97.1 Å². The average molecular weight is 473 g/mol. The van der Waals surface area contributed by atoms with E-state index in [9.17, 15) is 5.26 Å². The van der Waals surface area contributed by atoms with Gasteiger partial charge in [0.15, 0.2) is 5.75 Å². The van der Waals surface area contributed by atoms with Gasteiger partial charge in [0.25, 0.3) is 6.01 Å².